The van der Waals surface area contributed by atoms with Gasteiger partial charge >= 0.3 is 0 Å². The number of methoxy groups -OCH3 is 1. The first-order chi connectivity index (χ1) is 14.8. The van der Waals surface area contributed by atoms with E-state index in [9.17, 15) is 4.21 Å². The van der Waals surface area contributed by atoms with E-state index in [0.717, 1.165) is 23.1 Å². The Morgan fingerprint density at radius 3 is 2.48 bits per heavy atom. The first-order valence-electron chi connectivity index (χ1n) is 10.4. The number of rotatable bonds is 9. The molecule has 1 unspecified atom stereocenters. The highest BCUT2D eigenvalue weighted by molar-refractivity contribution is 7.91. The zero-order chi connectivity index (χ0) is 22.5. The molecule has 0 aliphatic carbocycles. The Kier molecular flexibility index (Phi) is 7.35. The fourth-order valence-corrected chi connectivity index (χ4v) is 4.93. The van der Waals surface area contributed by atoms with Gasteiger partial charge in [-0.2, -0.15) is 0 Å². The molecule has 3 aromatic rings. The van der Waals surface area contributed by atoms with Gasteiger partial charge in [0.15, 0.2) is 0 Å². The quantitative estimate of drug-likeness (QED) is 0.468. The Bertz CT molecular complexity index is 1160. The molecule has 0 aliphatic rings. The predicted molar refractivity (Wildman–Crippen MR) is 131 cm³/mol. The van der Waals surface area contributed by atoms with Crippen LogP contribution in [0.25, 0.3) is 10.9 Å². The number of nitrogens with zero attached hydrogens (tertiary/aromatic N) is 2. The van der Waals surface area contributed by atoms with Gasteiger partial charge < -0.3 is 9.47 Å². The Morgan fingerprint density at radius 1 is 1.13 bits per heavy atom. The molecule has 0 fully saturated rings. The first-order valence-corrected chi connectivity index (χ1v) is 14.1. The molecule has 1 aromatic heterocycles. The van der Waals surface area contributed by atoms with Gasteiger partial charge in [0.05, 0.1) is 24.1 Å². The van der Waals surface area contributed by atoms with Crippen molar-refractivity contribution in [2.45, 2.75) is 36.7 Å². The van der Waals surface area contributed by atoms with E-state index < -0.39 is 9.92 Å². The lowest BCUT2D eigenvalue weighted by Crippen LogP contribution is -2.20. The van der Waals surface area contributed by atoms with Crippen molar-refractivity contribution in [3.05, 3.63) is 54.7 Å². The standard InChI is InChI=1S/C23H31N3O3SSi/c1-23(2,31-5)13-15-26-30(27,24-3)19-9-6-17(7-10-19)29-22-12-14-25-21-16-18(28-4)8-11-20(21)22/h6-12,14,16H,13,15,31H2,1-5H3,(H,24,26,27). The molecule has 31 heavy (non-hydrogen) atoms. The highest BCUT2D eigenvalue weighted by atomic mass is 32.2. The van der Waals surface area contributed by atoms with Crippen molar-refractivity contribution < 1.29 is 13.7 Å². The summed E-state index contributed by atoms with van der Waals surface area (Å²) in [5.74, 6) is 2.10. The van der Waals surface area contributed by atoms with Crippen LogP contribution in [-0.2, 0) is 9.92 Å². The zero-order valence-electron chi connectivity index (χ0n) is 18.8. The van der Waals surface area contributed by atoms with Gasteiger partial charge in [0.1, 0.15) is 27.2 Å². The monoisotopic (exact) mass is 457 g/mol. The fraction of sp³-hybridized carbons (Fsp3) is 0.348. The summed E-state index contributed by atoms with van der Waals surface area (Å²) >= 11 is 0. The second kappa shape index (κ2) is 9.80. The second-order valence-electron chi connectivity index (χ2n) is 8.12. The maximum atomic E-state index is 13.3. The largest absolute Gasteiger partial charge is 0.497 e. The average Bonchev–Trinajstić information content (AvgIpc) is 2.79. The summed E-state index contributed by atoms with van der Waals surface area (Å²) in [5.41, 5.74) is 0.795. The van der Waals surface area contributed by atoms with Crippen LogP contribution in [0.1, 0.15) is 20.3 Å². The fourth-order valence-electron chi connectivity index (χ4n) is 3.05. The molecule has 6 nitrogen and oxygen atoms in total. The van der Waals surface area contributed by atoms with Crippen LogP contribution in [0, 0.1) is 0 Å². The van der Waals surface area contributed by atoms with E-state index in [1.54, 1.807) is 20.4 Å². The average molecular weight is 458 g/mol. The molecule has 1 atom stereocenters. The van der Waals surface area contributed by atoms with E-state index in [-0.39, 0.29) is 9.52 Å². The van der Waals surface area contributed by atoms with Crippen LogP contribution in [0.2, 0.25) is 11.6 Å². The molecule has 0 aliphatic heterocycles. The summed E-state index contributed by atoms with van der Waals surface area (Å²) < 4.78 is 32.1. The van der Waals surface area contributed by atoms with Crippen LogP contribution in [0.15, 0.2) is 64.0 Å². The topological polar surface area (TPSA) is 72.8 Å². The third kappa shape index (κ3) is 5.64. The molecule has 8 heteroatoms. The Morgan fingerprint density at radius 2 is 1.84 bits per heavy atom. The minimum Gasteiger partial charge on any atom is -0.497 e. The van der Waals surface area contributed by atoms with Gasteiger partial charge in [-0.3, -0.25) is 4.98 Å². The number of ether oxygens (including phenoxy) is 2. The van der Waals surface area contributed by atoms with Crippen LogP contribution in [0.4, 0.5) is 0 Å². The van der Waals surface area contributed by atoms with Crippen molar-refractivity contribution in [1.82, 2.24) is 9.71 Å². The van der Waals surface area contributed by atoms with Crippen LogP contribution >= 0.6 is 0 Å². The van der Waals surface area contributed by atoms with Crippen LogP contribution in [0.5, 0.6) is 17.2 Å². The van der Waals surface area contributed by atoms with E-state index in [4.69, 9.17) is 9.47 Å². The summed E-state index contributed by atoms with van der Waals surface area (Å²) in [6.07, 6.45) is 2.66. The minimum atomic E-state index is -2.66. The molecule has 0 radical (unpaired) electrons. The van der Waals surface area contributed by atoms with E-state index in [1.807, 2.05) is 48.5 Å². The number of fused-ring (bicyclic) bond motifs is 1. The number of nitrogens with one attached hydrogen (secondary N) is 1. The smallest absolute Gasteiger partial charge is 0.138 e. The highest BCUT2D eigenvalue weighted by Crippen LogP contribution is 2.31. The molecule has 0 bridgehead atoms. The van der Waals surface area contributed by atoms with Crippen molar-refractivity contribution >= 4 is 30.3 Å². The van der Waals surface area contributed by atoms with Crippen molar-refractivity contribution in [2.24, 2.45) is 4.36 Å². The molecule has 0 amide bonds. The molecule has 0 saturated heterocycles. The molecule has 3 rings (SSSR count). The Hall–Kier alpha value is -2.42. The lowest BCUT2D eigenvalue weighted by molar-refractivity contribution is 0.415. The predicted octanol–water partition coefficient (Wildman–Crippen LogP) is 4.80. The molecule has 0 spiro atoms. The minimum absolute atomic E-state index is 0.146. The number of hydrogen-bond donors (Lipinski definition) is 1. The summed E-state index contributed by atoms with van der Waals surface area (Å²) in [6, 6.07) is 14.8. The SMILES string of the molecule is CNS(=O)(=NCCC(C)(C)[SiH2]C)c1ccc(Oc2ccnc3cc(OC)ccc23)cc1. The molecular weight excluding hydrogens is 426 g/mol. The lowest BCUT2D eigenvalue weighted by Gasteiger charge is -2.21. The van der Waals surface area contributed by atoms with Gasteiger partial charge in [0.2, 0.25) is 0 Å². The second-order valence-corrected chi connectivity index (χ2v) is 12.9. The zero-order valence-corrected chi connectivity index (χ0v) is 21.1. The van der Waals surface area contributed by atoms with E-state index in [1.165, 1.54) is 0 Å². The molecule has 1 heterocycles. The van der Waals surface area contributed by atoms with Crippen LogP contribution in [0.3, 0.4) is 0 Å². The molecule has 1 N–H and O–H groups in total. The maximum absolute atomic E-state index is 13.3. The van der Waals surface area contributed by atoms with E-state index in [2.05, 4.69) is 34.5 Å². The van der Waals surface area contributed by atoms with Gasteiger partial charge in [-0.25, -0.2) is 13.3 Å². The van der Waals surface area contributed by atoms with Gasteiger partial charge in [-0.15, -0.1) is 0 Å². The van der Waals surface area contributed by atoms with Crippen molar-refractivity contribution in [1.29, 1.82) is 0 Å². The summed E-state index contributed by atoms with van der Waals surface area (Å²) in [5, 5.41) is 1.22. The highest BCUT2D eigenvalue weighted by Gasteiger charge is 2.16. The van der Waals surface area contributed by atoms with Gasteiger partial charge in [0.25, 0.3) is 0 Å². The Labute approximate surface area is 187 Å². The van der Waals surface area contributed by atoms with Gasteiger partial charge in [-0.05, 0) is 61.0 Å². The third-order valence-electron chi connectivity index (χ3n) is 5.58. The summed E-state index contributed by atoms with van der Waals surface area (Å²) in [7, 11) is 0.515. The van der Waals surface area contributed by atoms with Crippen molar-refractivity contribution in [2.75, 3.05) is 20.7 Å². The lowest BCUT2D eigenvalue weighted by atomic mass is 10.1. The van der Waals surface area contributed by atoms with Gasteiger partial charge in [-0.1, -0.05) is 20.4 Å². The molecule has 166 valence electrons. The molecular formula is C23H31N3O3SSi. The summed E-state index contributed by atoms with van der Waals surface area (Å²) in [6.45, 7) is 7.41. The number of benzene rings is 2. The Balaban J connectivity index is 1.81. The maximum Gasteiger partial charge on any atom is 0.138 e. The van der Waals surface area contributed by atoms with Crippen molar-refractivity contribution in [3.8, 4) is 17.2 Å². The third-order valence-corrected chi connectivity index (χ3v) is 9.85. The van der Waals surface area contributed by atoms with Crippen LogP contribution in [-0.4, -0.2) is 39.4 Å². The van der Waals surface area contributed by atoms with Crippen LogP contribution < -0.4 is 14.2 Å². The molecule has 0 saturated carbocycles. The number of aromatic nitrogens is 1. The first kappa shape index (κ1) is 23.2. The normalized spacial score (nSPS) is 14.0. The van der Waals surface area contributed by atoms with E-state index >= 15 is 0 Å². The summed E-state index contributed by atoms with van der Waals surface area (Å²) in [4.78, 5) is 5.04. The number of hydrogen-bond acceptors (Lipinski definition) is 5. The van der Waals surface area contributed by atoms with Crippen molar-refractivity contribution in [3.63, 3.8) is 0 Å². The number of pyridine rings is 1. The molecule has 2 aromatic carbocycles. The van der Waals surface area contributed by atoms with Gasteiger partial charge in [0, 0.05) is 27.2 Å². The van der Waals surface area contributed by atoms with E-state index in [0.29, 0.717) is 28.0 Å².